The quantitative estimate of drug-likeness (QED) is 0.192. The van der Waals surface area contributed by atoms with E-state index in [0.29, 0.717) is 0 Å². The Bertz CT molecular complexity index is 2760. The third kappa shape index (κ3) is 3.62. The first kappa shape index (κ1) is 24.8. The molecule has 0 aliphatic heterocycles. The average molecular weight is 589 g/mol. The van der Waals surface area contributed by atoms with E-state index < -0.39 is 0 Å². The van der Waals surface area contributed by atoms with E-state index in [9.17, 15) is 0 Å². The monoisotopic (exact) mass is 588 g/mol. The number of hydrogen-bond acceptors (Lipinski definition) is 3. The third-order valence-corrected chi connectivity index (χ3v) is 10.3. The molecule has 0 unspecified atom stereocenters. The van der Waals surface area contributed by atoms with Crippen LogP contribution in [0.2, 0.25) is 0 Å². The van der Waals surface area contributed by atoms with Crippen molar-refractivity contribution >= 4 is 74.7 Å². The summed E-state index contributed by atoms with van der Waals surface area (Å²) >= 11 is 1.89. The van der Waals surface area contributed by atoms with Crippen LogP contribution in [-0.4, -0.2) is 9.97 Å². The van der Waals surface area contributed by atoms with Gasteiger partial charge in [-0.2, -0.15) is 0 Å². The molecule has 0 saturated carbocycles. The number of fused-ring (bicyclic) bond motifs is 6. The largest absolute Gasteiger partial charge is 0.227 e. The Kier molecular flexibility index (Phi) is 5.19. The Morgan fingerprint density at radius 3 is 1.91 bits per heavy atom. The van der Waals surface area contributed by atoms with Crippen molar-refractivity contribution in [2.75, 3.05) is 0 Å². The molecule has 3 heteroatoms. The van der Waals surface area contributed by atoms with Crippen molar-refractivity contribution in [3.8, 4) is 33.8 Å². The molecule has 2 nitrogen and oxygen atoms in total. The lowest BCUT2D eigenvalue weighted by Crippen LogP contribution is -1.96. The summed E-state index contributed by atoms with van der Waals surface area (Å²) in [5.41, 5.74) is 6.41. The van der Waals surface area contributed by atoms with Gasteiger partial charge in [-0.25, -0.2) is 9.97 Å². The van der Waals surface area contributed by atoms with Gasteiger partial charge in [-0.3, -0.25) is 0 Å². The van der Waals surface area contributed by atoms with Gasteiger partial charge in [-0.1, -0.05) is 121 Å². The van der Waals surface area contributed by atoms with Crippen LogP contribution in [0.5, 0.6) is 0 Å². The highest BCUT2D eigenvalue weighted by Gasteiger charge is 2.19. The van der Waals surface area contributed by atoms with E-state index >= 15 is 0 Å². The normalized spacial score (nSPS) is 12.0. The molecule has 10 rings (SSSR count). The minimum atomic E-state index is 0.733. The SMILES string of the molecule is c1ccc(-c2nc(-c3cccc(-c4cccc5c6cccc7sc8cccc(c45)c8c76)c3)nc3c2ccc2ccccc23)cc1. The van der Waals surface area contributed by atoms with E-state index in [2.05, 4.69) is 140 Å². The molecule has 2 aromatic heterocycles. The predicted molar refractivity (Wildman–Crippen MR) is 192 cm³/mol. The molecule has 0 radical (unpaired) electrons. The molecule has 10 aromatic rings. The molecule has 2 heterocycles. The van der Waals surface area contributed by atoms with Gasteiger partial charge in [-0.05, 0) is 62.3 Å². The van der Waals surface area contributed by atoms with Crippen molar-refractivity contribution in [3.05, 3.63) is 146 Å². The number of aromatic nitrogens is 2. The maximum absolute atomic E-state index is 5.25. The van der Waals surface area contributed by atoms with Crippen molar-refractivity contribution in [2.24, 2.45) is 0 Å². The lowest BCUT2D eigenvalue weighted by Gasteiger charge is -2.15. The molecule has 0 aliphatic carbocycles. The van der Waals surface area contributed by atoms with Crippen molar-refractivity contribution in [1.29, 1.82) is 0 Å². The summed E-state index contributed by atoms with van der Waals surface area (Å²) < 4.78 is 2.69. The summed E-state index contributed by atoms with van der Waals surface area (Å²) in [5, 5.41) is 11.4. The topological polar surface area (TPSA) is 25.8 Å². The first-order valence-electron chi connectivity index (χ1n) is 15.3. The highest BCUT2D eigenvalue weighted by molar-refractivity contribution is 7.26. The Morgan fingerprint density at radius 1 is 0.400 bits per heavy atom. The van der Waals surface area contributed by atoms with E-state index in [1.165, 1.54) is 52.7 Å². The van der Waals surface area contributed by atoms with Crippen LogP contribution in [0.15, 0.2) is 146 Å². The van der Waals surface area contributed by atoms with Gasteiger partial charge >= 0.3 is 0 Å². The fraction of sp³-hybridized carbons (Fsp3) is 0. The van der Waals surface area contributed by atoms with E-state index in [1.54, 1.807) is 0 Å². The van der Waals surface area contributed by atoms with Crippen LogP contribution in [0, 0.1) is 0 Å². The summed E-state index contributed by atoms with van der Waals surface area (Å²) in [4.78, 5) is 10.5. The van der Waals surface area contributed by atoms with Crippen LogP contribution in [0.1, 0.15) is 0 Å². The Labute approximate surface area is 263 Å². The number of rotatable bonds is 3. The maximum atomic E-state index is 5.25. The van der Waals surface area contributed by atoms with E-state index in [-0.39, 0.29) is 0 Å². The second-order valence-corrected chi connectivity index (χ2v) is 12.8. The molecule has 8 aromatic carbocycles. The van der Waals surface area contributed by atoms with Crippen LogP contribution >= 0.6 is 11.3 Å². The summed E-state index contributed by atoms with van der Waals surface area (Å²) in [6, 6.07) is 52.3. The molecule has 0 atom stereocenters. The third-order valence-electron chi connectivity index (χ3n) is 9.22. The van der Waals surface area contributed by atoms with Gasteiger partial charge in [-0.15, -0.1) is 11.3 Å². The standard InChI is InChI=1S/C42H24N2S/c1-2-11-26(12-3-1)40-34-23-22-25-10-4-5-15-30(25)41(34)44-42(43-40)28-14-6-13-27(24-28)29-16-7-17-31-32-18-8-20-35-38(32)39-33(37(29)31)19-9-21-36(39)45-35/h1-24H. The molecule has 0 spiro atoms. The fourth-order valence-electron chi connectivity index (χ4n) is 7.24. The van der Waals surface area contributed by atoms with Gasteiger partial charge in [0.2, 0.25) is 0 Å². The van der Waals surface area contributed by atoms with Gasteiger partial charge in [0.1, 0.15) is 0 Å². The number of nitrogens with zero attached hydrogens (tertiary/aromatic N) is 2. The van der Waals surface area contributed by atoms with Crippen molar-refractivity contribution in [1.82, 2.24) is 9.97 Å². The molecule has 208 valence electrons. The van der Waals surface area contributed by atoms with Crippen molar-refractivity contribution < 1.29 is 0 Å². The second kappa shape index (κ2) is 9.43. The zero-order chi connectivity index (χ0) is 29.5. The molecular formula is C42H24N2S. The lowest BCUT2D eigenvalue weighted by molar-refractivity contribution is 1.23. The van der Waals surface area contributed by atoms with Gasteiger partial charge in [0.25, 0.3) is 0 Å². The first-order chi connectivity index (χ1) is 22.3. The molecule has 45 heavy (non-hydrogen) atoms. The molecule has 0 bridgehead atoms. The number of hydrogen-bond donors (Lipinski definition) is 0. The number of benzene rings is 8. The lowest BCUT2D eigenvalue weighted by atomic mass is 9.89. The van der Waals surface area contributed by atoms with Gasteiger partial charge in [0.05, 0.1) is 11.2 Å². The summed E-state index contributed by atoms with van der Waals surface area (Å²) in [5.74, 6) is 0.733. The highest BCUT2D eigenvalue weighted by atomic mass is 32.1. The Hall–Kier alpha value is -5.64. The molecule has 0 aliphatic rings. The van der Waals surface area contributed by atoms with E-state index in [1.807, 2.05) is 17.4 Å². The number of thiophene rings is 1. The van der Waals surface area contributed by atoms with Crippen LogP contribution in [0.4, 0.5) is 0 Å². The summed E-state index contributed by atoms with van der Waals surface area (Å²) in [6.07, 6.45) is 0. The molecule has 0 N–H and O–H groups in total. The zero-order valence-electron chi connectivity index (χ0n) is 24.2. The van der Waals surface area contributed by atoms with E-state index in [4.69, 9.17) is 9.97 Å². The maximum Gasteiger partial charge on any atom is 0.160 e. The van der Waals surface area contributed by atoms with Gasteiger partial charge in [0, 0.05) is 42.1 Å². The smallest absolute Gasteiger partial charge is 0.160 e. The molecule has 0 amide bonds. The van der Waals surface area contributed by atoms with Crippen LogP contribution in [0.25, 0.3) is 97.2 Å². The minimum Gasteiger partial charge on any atom is -0.227 e. The Balaban J connectivity index is 1.25. The molecule has 0 saturated heterocycles. The second-order valence-electron chi connectivity index (χ2n) is 11.7. The predicted octanol–water partition coefficient (Wildman–Crippen LogP) is 11.9. The fourth-order valence-corrected chi connectivity index (χ4v) is 8.40. The summed E-state index contributed by atoms with van der Waals surface area (Å²) in [7, 11) is 0. The van der Waals surface area contributed by atoms with Crippen LogP contribution in [-0.2, 0) is 0 Å². The molecule has 0 fully saturated rings. The first-order valence-corrected chi connectivity index (χ1v) is 16.1. The Morgan fingerprint density at radius 2 is 1.04 bits per heavy atom. The van der Waals surface area contributed by atoms with Crippen molar-refractivity contribution in [2.45, 2.75) is 0 Å². The van der Waals surface area contributed by atoms with E-state index in [0.717, 1.165) is 44.5 Å². The van der Waals surface area contributed by atoms with Gasteiger partial charge < -0.3 is 0 Å². The van der Waals surface area contributed by atoms with Gasteiger partial charge in [0.15, 0.2) is 5.82 Å². The van der Waals surface area contributed by atoms with Crippen molar-refractivity contribution in [3.63, 3.8) is 0 Å². The summed E-state index contributed by atoms with van der Waals surface area (Å²) in [6.45, 7) is 0. The average Bonchev–Trinajstić information content (AvgIpc) is 3.50. The molecular weight excluding hydrogens is 565 g/mol. The minimum absolute atomic E-state index is 0.733. The highest BCUT2D eigenvalue weighted by Crippen LogP contribution is 2.47. The van der Waals surface area contributed by atoms with Crippen LogP contribution < -0.4 is 0 Å². The zero-order valence-corrected chi connectivity index (χ0v) is 25.0. The van der Waals surface area contributed by atoms with Crippen LogP contribution in [0.3, 0.4) is 0 Å².